The number of allylic oxidation sites excluding steroid dienone is 2. The van der Waals surface area contributed by atoms with Crippen LogP contribution in [0, 0.1) is 23.7 Å². The molecule has 3 amide bonds. The Morgan fingerprint density at radius 2 is 1.74 bits per heavy atom. The molecular weight excluding hydrogens is 244 g/mol. The lowest BCUT2D eigenvalue weighted by atomic mass is 9.63. The number of likely N-dealkylation sites (tertiary alicyclic amines) is 1. The van der Waals surface area contributed by atoms with Crippen LogP contribution in [0.4, 0.5) is 0 Å². The largest absolute Gasteiger partial charge is 0.368 e. The van der Waals surface area contributed by atoms with Gasteiger partial charge in [0.05, 0.1) is 11.8 Å². The van der Waals surface area contributed by atoms with Crippen molar-refractivity contribution in [3.05, 3.63) is 12.2 Å². The van der Waals surface area contributed by atoms with Gasteiger partial charge in [0.25, 0.3) is 0 Å². The first-order valence-electron chi connectivity index (χ1n) is 6.90. The van der Waals surface area contributed by atoms with Crippen LogP contribution in [0.3, 0.4) is 0 Å². The minimum atomic E-state index is -0.787. The molecular formula is C14H18N2O3. The topological polar surface area (TPSA) is 80.5 Å². The Balaban J connectivity index is 1.97. The Kier molecular flexibility index (Phi) is 2.73. The molecule has 102 valence electrons. The molecule has 19 heavy (non-hydrogen) atoms. The number of nitrogens with zero attached hydrogens (tertiary/aromatic N) is 1. The third-order valence-corrected chi connectivity index (χ3v) is 4.82. The second-order valence-electron chi connectivity index (χ2n) is 5.71. The molecule has 4 aliphatic rings. The van der Waals surface area contributed by atoms with E-state index in [9.17, 15) is 14.4 Å². The monoisotopic (exact) mass is 262 g/mol. The first kappa shape index (κ1) is 12.4. The molecule has 1 saturated heterocycles. The molecule has 2 fully saturated rings. The van der Waals surface area contributed by atoms with E-state index in [2.05, 4.69) is 12.2 Å². The molecule has 1 heterocycles. The maximum Gasteiger partial charge on any atom is 0.240 e. The van der Waals surface area contributed by atoms with Crippen molar-refractivity contribution < 1.29 is 14.4 Å². The van der Waals surface area contributed by atoms with Crippen molar-refractivity contribution in [3.63, 3.8) is 0 Å². The Labute approximate surface area is 111 Å². The molecule has 0 unspecified atom stereocenters. The van der Waals surface area contributed by atoms with Crippen LogP contribution >= 0.6 is 0 Å². The molecule has 3 aliphatic carbocycles. The predicted octanol–water partition coefficient (Wildman–Crippen LogP) is 0.447. The smallest absolute Gasteiger partial charge is 0.240 e. The summed E-state index contributed by atoms with van der Waals surface area (Å²) in [5.74, 6) is -1.19. The van der Waals surface area contributed by atoms with Gasteiger partial charge in [0.15, 0.2) is 0 Å². The number of amides is 3. The fourth-order valence-corrected chi connectivity index (χ4v) is 3.92. The number of primary amides is 1. The minimum Gasteiger partial charge on any atom is -0.368 e. The van der Waals surface area contributed by atoms with Gasteiger partial charge in [-0.25, -0.2) is 0 Å². The van der Waals surface area contributed by atoms with Gasteiger partial charge in [0.1, 0.15) is 6.04 Å². The lowest BCUT2D eigenvalue weighted by Crippen LogP contribution is -2.48. The third kappa shape index (κ3) is 1.57. The molecule has 5 heteroatoms. The first-order valence-corrected chi connectivity index (χ1v) is 6.90. The maximum absolute atomic E-state index is 12.5. The summed E-state index contributed by atoms with van der Waals surface area (Å²) in [6.07, 6.45) is 6.44. The zero-order valence-corrected chi connectivity index (χ0v) is 10.9. The van der Waals surface area contributed by atoms with Crippen LogP contribution in [0.2, 0.25) is 0 Å². The predicted molar refractivity (Wildman–Crippen MR) is 67.5 cm³/mol. The average molecular weight is 262 g/mol. The van der Waals surface area contributed by atoms with Crippen LogP contribution in [-0.2, 0) is 14.4 Å². The first-order chi connectivity index (χ1) is 9.06. The summed E-state index contributed by atoms with van der Waals surface area (Å²) in [6.45, 7) is 1.77. The second-order valence-corrected chi connectivity index (χ2v) is 5.71. The number of hydrogen-bond acceptors (Lipinski definition) is 3. The quantitative estimate of drug-likeness (QED) is 0.592. The van der Waals surface area contributed by atoms with Gasteiger partial charge < -0.3 is 5.73 Å². The van der Waals surface area contributed by atoms with Gasteiger partial charge in [-0.15, -0.1) is 0 Å². The summed E-state index contributed by atoms with van der Waals surface area (Å²) in [4.78, 5) is 37.6. The highest BCUT2D eigenvalue weighted by molar-refractivity contribution is 6.08. The summed E-state index contributed by atoms with van der Waals surface area (Å²) in [5.41, 5.74) is 5.33. The van der Waals surface area contributed by atoms with E-state index in [0.717, 1.165) is 17.7 Å². The molecule has 0 spiro atoms. The standard InChI is InChI=1S/C14H18N2O3/c1-2-9(12(15)17)16-13(18)10-7-3-4-8(6-5-7)11(10)14(16)19/h3-4,7-11H,2,5-6H2,1H3,(H2,15,17)/t7-,8-,9-,10-,11+/m0/s1. The number of imide groups is 1. The SMILES string of the molecule is CC[C@@H](C(N)=O)N1C(=O)[C@@H]2[C@H](C1=O)[C@H]1C=C[C@H]2CC1. The average Bonchev–Trinajstić information content (AvgIpc) is 2.68. The van der Waals surface area contributed by atoms with E-state index in [1.54, 1.807) is 6.92 Å². The maximum atomic E-state index is 12.5. The summed E-state index contributed by atoms with van der Waals surface area (Å²) in [6, 6.07) is -0.787. The van der Waals surface area contributed by atoms with Crippen molar-refractivity contribution in [2.75, 3.05) is 0 Å². The molecule has 1 saturated carbocycles. The minimum absolute atomic E-state index is 0.154. The van der Waals surface area contributed by atoms with Gasteiger partial charge in [-0.1, -0.05) is 19.1 Å². The van der Waals surface area contributed by atoms with Crippen molar-refractivity contribution in [1.29, 1.82) is 0 Å². The van der Waals surface area contributed by atoms with Crippen LogP contribution in [0.25, 0.3) is 0 Å². The van der Waals surface area contributed by atoms with E-state index in [0.29, 0.717) is 6.42 Å². The molecule has 2 N–H and O–H groups in total. The Morgan fingerprint density at radius 1 is 1.26 bits per heavy atom. The van der Waals surface area contributed by atoms with Crippen LogP contribution in [0.1, 0.15) is 26.2 Å². The third-order valence-electron chi connectivity index (χ3n) is 4.82. The molecule has 0 aromatic heterocycles. The Bertz CT molecular complexity index is 453. The van der Waals surface area contributed by atoms with Crippen molar-refractivity contribution in [2.45, 2.75) is 32.2 Å². The molecule has 0 aromatic carbocycles. The van der Waals surface area contributed by atoms with E-state index >= 15 is 0 Å². The van der Waals surface area contributed by atoms with Crippen LogP contribution < -0.4 is 5.73 Å². The van der Waals surface area contributed by atoms with Crippen LogP contribution in [-0.4, -0.2) is 28.7 Å². The van der Waals surface area contributed by atoms with Gasteiger partial charge >= 0.3 is 0 Å². The lowest BCUT2D eigenvalue weighted by Gasteiger charge is -2.38. The van der Waals surface area contributed by atoms with E-state index in [4.69, 9.17) is 5.73 Å². The van der Waals surface area contributed by atoms with Gasteiger partial charge in [-0.2, -0.15) is 0 Å². The van der Waals surface area contributed by atoms with Crippen molar-refractivity contribution in [3.8, 4) is 0 Å². The summed E-state index contributed by atoms with van der Waals surface area (Å²) in [5, 5.41) is 0. The molecule has 2 bridgehead atoms. The number of rotatable bonds is 3. The van der Waals surface area contributed by atoms with Crippen molar-refractivity contribution in [1.82, 2.24) is 4.90 Å². The Morgan fingerprint density at radius 3 is 2.05 bits per heavy atom. The number of carbonyl (C=O) groups is 3. The zero-order valence-electron chi connectivity index (χ0n) is 10.9. The highest BCUT2D eigenvalue weighted by atomic mass is 16.2. The van der Waals surface area contributed by atoms with E-state index in [-0.39, 0.29) is 35.5 Å². The number of fused-ring (bicyclic) bond motifs is 1. The normalized spacial score (nSPS) is 37.6. The second kappa shape index (κ2) is 4.18. The highest BCUT2D eigenvalue weighted by Crippen LogP contribution is 2.50. The highest BCUT2D eigenvalue weighted by Gasteiger charge is 2.58. The fraction of sp³-hybridized carbons (Fsp3) is 0.643. The summed E-state index contributed by atoms with van der Waals surface area (Å²) < 4.78 is 0. The van der Waals surface area contributed by atoms with E-state index in [1.807, 2.05) is 0 Å². The van der Waals surface area contributed by atoms with Crippen molar-refractivity contribution in [2.24, 2.45) is 29.4 Å². The number of carbonyl (C=O) groups excluding carboxylic acids is 3. The van der Waals surface area contributed by atoms with Gasteiger partial charge in [-0.3, -0.25) is 19.3 Å². The molecule has 0 radical (unpaired) electrons. The summed E-state index contributed by atoms with van der Waals surface area (Å²) >= 11 is 0. The molecule has 5 atom stereocenters. The van der Waals surface area contributed by atoms with Gasteiger partial charge in [0, 0.05) is 0 Å². The van der Waals surface area contributed by atoms with E-state index in [1.165, 1.54) is 0 Å². The number of hydrogen-bond donors (Lipinski definition) is 1. The van der Waals surface area contributed by atoms with Gasteiger partial charge in [-0.05, 0) is 31.1 Å². The van der Waals surface area contributed by atoms with Crippen molar-refractivity contribution >= 4 is 17.7 Å². The molecule has 4 rings (SSSR count). The number of nitrogens with two attached hydrogens (primary N) is 1. The van der Waals surface area contributed by atoms with Crippen LogP contribution in [0.5, 0.6) is 0 Å². The van der Waals surface area contributed by atoms with E-state index < -0.39 is 11.9 Å². The van der Waals surface area contributed by atoms with Crippen LogP contribution in [0.15, 0.2) is 12.2 Å². The summed E-state index contributed by atoms with van der Waals surface area (Å²) in [7, 11) is 0. The fourth-order valence-electron chi connectivity index (χ4n) is 3.92. The molecule has 0 aromatic rings. The Hall–Kier alpha value is -1.65. The lowest BCUT2D eigenvalue weighted by molar-refractivity contribution is -0.147. The molecule has 1 aliphatic heterocycles. The van der Waals surface area contributed by atoms with Gasteiger partial charge in [0.2, 0.25) is 17.7 Å². The molecule has 5 nitrogen and oxygen atoms in total. The zero-order chi connectivity index (χ0) is 13.7.